The average molecular weight is 506 g/mol. The lowest BCUT2D eigenvalue weighted by Gasteiger charge is -2.07. The summed E-state index contributed by atoms with van der Waals surface area (Å²) in [4.78, 5) is 28.0. The number of sulfonamides is 1. The molecule has 0 saturated heterocycles. The molecule has 0 aromatic carbocycles. The van der Waals surface area contributed by atoms with E-state index in [2.05, 4.69) is 21.8 Å². The van der Waals surface area contributed by atoms with Crippen LogP contribution in [-0.2, 0) is 24.4 Å². The van der Waals surface area contributed by atoms with Gasteiger partial charge in [0.2, 0.25) is 21.8 Å². The molecule has 202 valence electrons. The first-order chi connectivity index (χ1) is 16.4. The van der Waals surface area contributed by atoms with E-state index < -0.39 is 15.9 Å². The molecule has 0 aromatic rings. The van der Waals surface area contributed by atoms with Crippen LogP contribution in [0.3, 0.4) is 0 Å². The highest BCUT2D eigenvalue weighted by Gasteiger charge is 2.14. The minimum absolute atomic E-state index is 0.0639. The van der Waals surface area contributed by atoms with Crippen LogP contribution >= 0.6 is 0 Å². The van der Waals surface area contributed by atoms with E-state index in [0.29, 0.717) is 45.3 Å². The average Bonchev–Trinajstić information content (AvgIpc) is 2.79. The Morgan fingerprint density at radius 2 is 1.15 bits per heavy atom. The number of carbonyl (C=O) groups is 2. The van der Waals surface area contributed by atoms with Crippen molar-refractivity contribution in [2.45, 2.75) is 129 Å². The van der Waals surface area contributed by atoms with Gasteiger partial charge in [-0.05, 0) is 25.7 Å². The number of rotatable bonds is 25. The quantitative estimate of drug-likeness (QED) is 0.120. The van der Waals surface area contributed by atoms with Crippen molar-refractivity contribution in [1.29, 1.82) is 0 Å². The number of nitrogens with two attached hydrogens (primary N) is 1. The third kappa shape index (κ3) is 24.0. The zero-order chi connectivity index (χ0) is 25.3. The summed E-state index contributed by atoms with van der Waals surface area (Å²) in [6.07, 6.45) is 18.9. The highest BCUT2D eigenvalue weighted by Crippen LogP contribution is 2.13. The van der Waals surface area contributed by atoms with Crippen molar-refractivity contribution >= 4 is 21.8 Å². The van der Waals surface area contributed by atoms with Crippen LogP contribution in [0.1, 0.15) is 129 Å². The fourth-order valence-corrected chi connectivity index (χ4v) is 4.94. The van der Waals surface area contributed by atoms with Gasteiger partial charge >= 0.3 is 0 Å². The van der Waals surface area contributed by atoms with Gasteiger partial charge in [-0.1, -0.05) is 90.4 Å². The number of amides is 2. The highest BCUT2D eigenvalue weighted by molar-refractivity contribution is 7.90. The number of carbonyl (C=O) groups excluding carboxylic acids is 2. The molecular weight excluding hydrogens is 454 g/mol. The molecule has 0 spiro atoms. The van der Waals surface area contributed by atoms with E-state index in [-0.39, 0.29) is 18.1 Å². The lowest BCUT2D eigenvalue weighted by molar-refractivity contribution is -0.121. The third-order valence-corrected chi connectivity index (χ3v) is 7.22. The fourth-order valence-electron chi connectivity index (χ4n) is 3.80. The summed E-state index contributed by atoms with van der Waals surface area (Å²) < 4.78 is 26.3. The summed E-state index contributed by atoms with van der Waals surface area (Å²) in [6, 6.07) is 0. The number of hydrogen-bond acceptors (Lipinski definition) is 6. The fraction of sp³-hybridized carbons (Fsp3) is 0.920. The topological polar surface area (TPSA) is 128 Å². The second kappa shape index (κ2) is 23.5. The molecule has 0 bridgehead atoms. The summed E-state index contributed by atoms with van der Waals surface area (Å²) in [5.41, 5.74) is 0. The molecule has 0 rings (SSSR count). The van der Waals surface area contributed by atoms with Crippen LogP contribution in [0.2, 0.25) is 0 Å². The monoisotopic (exact) mass is 505 g/mol. The maximum atomic E-state index is 12.0. The van der Waals surface area contributed by atoms with Crippen LogP contribution in [-0.4, -0.2) is 39.1 Å². The molecule has 0 aromatic heterocycles. The summed E-state index contributed by atoms with van der Waals surface area (Å²) >= 11 is 0. The van der Waals surface area contributed by atoms with E-state index in [1.807, 2.05) is 0 Å². The molecule has 9 heteroatoms. The normalized spacial score (nSPS) is 11.5. The first-order valence-corrected chi connectivity index (χ1v) is 15.2. The largest absolute Gasteiger partial charge is 0.356 e. The molecule has 0 aliphatic carbocycles. The zero-order valence-electron chi connectivity index (χ0n) is 21.6. The molecule has 2 amide bonds. The SMILES string of the molecule is CCCCCCCCCCCCCCCC(=O)NS(=O)(=O)CCCCCC(=O)NCCCON. The highest BCUT2D eigenvalue weighted by atomic mass is 32.2. The third-order valence-electron chi connectivity index (χ3n) is 5.85. The van der Waals surface area contributed by atoms with Gasteiger partial charge in [0.05, 0.1) is 12.4 Å². The van der Waals surface area contributed by atoms with Crippen molar-refractivity contribution in [3.8, 4) is 0 Å². The van der Waals surface area contributed by atoms with Crippen LogP contribution < -0.4 is 15.9 Å². The predicted molar refractivity (Wildman–Crippen MR) is 138 cm³/mol. The summed E-state index contributed by atoms with van der Waals surface area (Å²) in [7, 11) is -3.60. The van der Waals surface area contributed by atoms with Crippen molar-refractivity contribution in [3.63, 3.8) is 0 Å². The lowest BCUT2D eigenvalue weighted by atomic mass is 10.0. The Balaban J connectivity index is 3.56. The van der Waals surface area contributed by atoms with Gasteiger partial charge in [-0.15, -0.1) is 0 Å². The van der Waals surface area contributed by atoms with Crippen LogP contribution in [0.4, 0.5) is 0 Å². The Labute approximate surface area is 208 Å². The van der Waals surface area contributed by atoms with Gasteiger partial charge in [0.1, 0.15) is 0 Å². The molecular formula is C25H51N3O5S. The lowest BCUT2D eigenvalue weighted by Crippen LogP contribution is -2.32. The van der Waals surface area contributed by atoms with E-state index >= 15 is 0 Å². The molecule has 0 aliphatic rings. The van der Waals surface area contributed by atoms with E-state index in [0.717, 1.165) is 19.3 Å². The molecule has 0 radical (unpaired) electrons. The van der Waals surface area contributed by atoms with Crippen LogP contribution in [0.5, 0.6) is 0 Å². The van der Waals surface area contributed by atoms with Gasteiger partial charge in [-0.3, -0.25) is 14.3 Å². The van der Waals surface area contributed by atoms with Gasteiger partial charge in [0, 0.05) is 19.4 Å². The van der Waals surface area contributed by atoms with Crippen molar-refractivity contribution in [1.82, 2.24) is 10.0 Å². The van der Waals surface area contributed by atoms with E-state index in [1.54, 1.807) is 0 Å². The predicted octanol–water partition coefficient (Wildman–Crippen LogP) is 4.87. The van der Waals surface area contributed by atoms with Crippen LogP contribution in [0, 0.1) is 0 Å². The van der Waals surface area contributed by atoms with E-state index in [4.69, 9.17) is 5.90 Å². The van der Waals surface area contributed by atoms with Crippen LogP contribution in [0.25, 0.3) is 0 Å². The Hall–Kier alpha value is -1.19. The van der Waals surface area contributed by atoms with Gasteiger partial charge in [-0.25, -0.2) is 14.3 Å². The Bertz CT molecular complexity index is 599. The van der Waals surface area contributed by atoms with Crippen molar-refractivity contribution < 1.29 is 22.8 Å². The summed E-state index contributed by atoms with van der Waals surface area (Å²) in [6.45, 7) is 3.15. The van der Waals surface area contributed by atoms with Gasteiger partial charge in [0.25, 0.3) is 0 Å². The molecule has 0 unspecified atom stereocenters. The number of unbranched alkanes of at least 4 members (excludes halogenated alkanes) is 14. The number of hydrogen-bond donors (Lipinski definition) is 3. The summed E-state index contributed by atoms with van der Waals surface area (Å²) in [5, 5.41) is 2.75. The Morgan fingerprint density at radius 1 is 0.676 bits per heavy atom. The minimum atomic E-state index is -3.60. The smallest absolute Gasteiger partial charge is 0.234 e. The van der Waals surface area contributed by atoms with Crippen molar-refractivity contribution in [2.24, 2.45) is 5.90 Å². The van der Waals surface area contributed by atoms with Gasteiger partial charge in [0.15, 0.2) is 0 Å². The van der Waals surface area contributed by atoms with Crippen molar-refractivity contribution in [2.75, 3.05) is 18.9 Å². The van der Waals surface area contributed by atoms with Gasteiger partial charge in [-0.2, -0.15) is 0 Å². The Kier molecular flexibility index (Phi) is 22.7. The first kappa shape index (κ1) is 32.8. The van der Waals surface area contributed by atoms with E-state index in [9.17, 15) is 18.0 Å². The molecule has 0 fully saturated rings. The molecule has 0 atom stereocenters. The first-order valence-electron chi connectivity index (χ1n) is 13.5. The molecule has 4 N–H and O–H groups in total. The summed E-state index contributed by atoms with van der Waals surface area (Å²) in [5.74, 6) is 4.34. The second-order valence-electron chi connectivity index (χ2n) is 9.22. The van der Waals surface area contributed by atoms with Crippen molar-refractivity contribution in [3.05, 3.63) is 0 Å². The minimum Gasteiger partial charge on any atom is -0.356 e. The molecule has 0 aliphatic heterocycles. The molecule has 34 heavy (non-hydrogen) atoms. The maximum absolute atomic E-state index is 12.0. The van der Waals surface area contributed by atoms with E-state index in [1.165, 1.54) is 64.2 Å². The zero-order valence-corrected chi connectivity index (χ0v) is 22.4. The molecule has 8 nitrogen and oxygen atoms in total. The second-order valence-corrected chi connectivity index (χ2v) is 11.1. The maximum Gasteiger partial charge on any atom is 0.234 e. The molecule has 0 heterocycles. The number of nitrogens with one attached hydrogen (secondary N) is 2. The molecule has 0 saturated carbocycles. The van der Waals surface area contributed by atoms with Crippen LogP contribution in [0.15, 0.2) is 0 Å². The standard InChI is InChI=1S/C25H51N3O5S/c1-2-3-4-5-6-7-8-9-10-11-12-13-15-20-25(30)28-34(31,32)23-17-14-16-19-24(29)27-21-18-22-33-26/h2-23,26H2,1H3,(H,27,29)(H,28,30). The Morgan fingerprint density at radius 3 is 1.68 bits per heavy atom. The van der Waals surface area contributed by atoms with Gasteiger partial charge < -0.3 is 10.2 Å².